The van der Waals surface area contributed by atoms with Crippen molar-refractivity contribution in [2.75, 3.05) is 29.2 Å². The molecule has 17 heavy (non-hydrogen) atoms. The number of rotatable bonds is 4. The first-order valence-electron chi connectivity index (χ1n) is 4.56. The molecule has 8 heteroatoms. The van der Waals surface area contributed by atoms with E-state index in [-0.39, 0.29) is 32.8 Å². The Morgan fingerprint density at radius 2 is 2.00 bits per heavy atom. The second kappa shape index (κ2) is 5.32. The van der Waals surface area contributed by atoms with Gasteiger partial charge in [0, 0.05) is 12.0 Å². The van der Waals surface area contributed by atoms with Crippen LogP contribution in [0.2, 0.25) is 5.02 Å². The monoisotopic (exact) mass is 298 g/mol. The van der Waals surface area contributed by atoms with Crippen LogP contribution < -0.4 is 11.5 Å². The van der Waals surface area contributed by atoms with E-state index in [0.717, 1.165) is 18.0 Å². The minimum Gasteiger partial charge on any atom is -0.398 e. The van der Waals surface area contributed by atoms with Crippen molar-refractivity contribution in [3.05, 3.63) is 16.9 Å². The standard InChI is InChI=1S/C9H12ClFN2O2S2/c1-17(14,15)3-2-16-9-6(13)4-5(12)7(10)8(9)11/h4H,2-3,12-13H2,1H3. The lowest BCUT2D eigenvalue weighted by molar-refractivity contribution is 0.601. The third-order valence-corrected chi connectivity index (χ3v) is 4.62. The van der Waals surface area contributed by atoms with Crippen molar-refractivity contribution >= 4 is 44.6 Å². The summed E-state index contributed by atoms with van der Waals surface area (Å²) >= 11 is 6.64. The van der Waals surface area contributed by atoms with Crippen LogP contribution in [0.25, 0.3) is 0 Å². The fraction of sp³-hybridized carbons (Fsp3) is 0.333. The van der Waals surface area contributed by atoms with Gasteiger partial charge < -0.3 is 11.5 Å². The lowest BCUT2D eigenvalue weighted by atomic mass is 10.3. The van der Waals surface area contributed by atoms with Gasteiger partial charge in [0.1, 0.15) is 14.9 Å². The van der Waals surface area contributed by atoms with Gasteiger partial charge in [-0.05, 0) is 6.07 Å². The zero-order chi connectivity index (χ0) is 13.2. The third kappa shape index (κ3) is 3.93. The molecular formula is C9H12ClFN2O2S2. The summed E-state index contributed by atoms with van der Waals surface area (Å²) in [6, 6.07) is 1.36. The largest absolute Gasteiger partial charge is 0.398 e. The average Bonchev–Trinajstić information content (AvgIpc) is 2.18. The molecule has 0 saturated carbocycles. The molecule has 1 aromatic rings. The number of nitrogens with two attached hydrogens (primary N) is 2. The maximum atomic E-state index is 13.7. The topological polar surface area (TPSA) is 86.2 Å². The summed E-state index contributed by atoms with van der Waals surface area (Å²) < 4.78 is 35.5. The van der Waals surface area contributed by atoms with E-state index < -0.39 is 15.7 Å². The highest BCUT2D eigenvalue weighted by atomic mass is 35.5. The fourth-order valence-electron chi connectivity index (χ4n) is 1.09. The van der Waals surface area contributed by atoms with Crippen LogP contribution in [0.5, 0.6) is 0 Å². The average molecular weight is 299 g/mol. The van der Waals surface area contributed by atoms with Gasteiger partial charge in [0.25, 0.3) is 0 Å². The molecule has 0 amide bonds. The van der Waals surface area contributed by atoms with Crippen LogP contribution in [-0.2, 0) is 9.84 Å². The molecule has 0 aliphatic heterocycles. The molecule has 0 radical (unpaired) electrons. The molecule has 0 spiro atoms. The van der Waals surface area contributed by atoms with Gasteiger partial charge in [0.05, 0.1) is 22.0 Å². The highest BCUT2D eigenvalue weighted by Crippen LogP contribution is 2.36. The first-order chi connectivity index (χ1) is 7.72. The predicted octanol–water partition coefficient (Wildman–Crippen LogP) is 1.78. The van der Waals surface area contributed by atoms with Crippen molar-refractivity contribution < 1.29 is 12.8 Å². The number of anilines is 2. The Morgan fingerprint density at radius 3 is 2.53 bits per heavy atom. The maximum Gasteiger partial charge on any atom is 0.159 e. The molecule has 1 rings (SSSR count). The number of sulfone groups is 1. The minimum atomic E-state index is -3.08. The number of thioether (sulfide) groups is 1. The van der Waals surface area contributed by atoms with E-state index in [1.807, 2.05) is 0 Å². The molecule has 4 nitrogen and oxygen atoms in total. The second-order valence-corrected chi connectivity index (χ2v) is 7.23. The van der Waals surface area contributed by atoms with Crippen LogP contribution in [0.1, 0.15) is 0 Å². The molecule has 0 fully saturated rings. The SMILES string of the molecule is CS(=O)(=O)CCSc1c(N)cc(N)c(Cl)c1F. The van der Waals surface area contributed by atoms with E-state index in [1.165, 1.54) is 6.07 Å². The minimum absolute atomic E-state index is 0.0570. The van der Waals surface area contributed by atoms with Gasteiger partial charge in [-0.1, -0.05) is 11.6 Å². The summed E-state index contributed by atoms with van der Waals surface area (Å²) in [7, 11) is -3.08. The first-order valence-corrected chi connectivity index (χ1v) is 7.98. The smallest absolute Gasteiger partial charge is 0.159 e. The van der Waals surface area contributed by atoms with Crippen LogP contribution in [0.15, 0.2) is 11.0 Å². The molecule has 0 saturated heterocycles. The number of hydrogen-bond donors (Lipinski definition) is 2. The molecule has 0 heterocycles. The Bertz CT molecular complexity index is 534. The van der Waals surface area contributed by atoms with Gasteiger partial charge in [-0.2, -0.15) is 0 Å². The summed E-state index contributed by atoms with van der Waals surface area (Å²) in [5, 5.41) is -0.193. The highest BCUT2D eigenvalue weighted by Gasteiger charge is 2.15. The van der Waals surface area contributed by atoms with Gasteiger partial charge in [-0.3, -0.25) is 0 Å². The van der Waals surface area contributed by atoms with E-state index in [4.69, 9.17) is 23.1 Å². The zero-order valence-corrected chi connectivity index (χ0v) is 11.4. The number of hydrogen-bond acceptors (Lipinski definition) is 5. The van der Waals surface area contributed by atoms with E-state index in [1.54, 1.807) is 0 Å². The number of benzene rings is 1. The third-order valence-electron chi connectivity index (χ3n) is 1.92. The summed E-state index contributed by atoms with van der Waals surface area (Å²) in [5.74, 6) is -0.554. The molecule has 0 atom stereocenters. The maximum absolute atomic E-state index is 13.7. The number of nitrogen functional groups attached to an aromatic ring is 2. The molecule has 0 aliphatic carbocycles. The summed E-state index contributed by atoms with van der Waals surface area (Å²) in [5.41, 5.74) is 11.2. The van der Waals surface area contributed by atoms with Gasteiger partial charge in [-0.25, -0.2) is 12.8 Å². The fourth-order valence-corrected chi connectivity index (χ4v) is 3.50. The summed E-state index contributed by atoms with van der Waals surface area (Å²) in [4.78, 5) is 0.132. The van der Waals surface area contributed by atoms with Gasteiger partial charge in [0.2, 0.25) is 0 Å². The van der Waals surface area contributed by atoms with Crippen molar-refractivity contribution in [1.29, 1.82) is 0 Å². The summed E-state index contributed by atoms with van der Waals surface area (Å²) in [6.45, 7) is 0. The van der Waals surface area contributed by atoms with Crippen molar-refractivity contribution in [3.8, 4) is 0 Å². The molecule has 96 valence electrons. The van der Waals surface area contributed by atoms with Crippen molar-refractivity contribution in [2.45, 2.75) is 4.90 Å². The van der Waals surface area contributed by atoms with Gasteiger partial charge >= 0.3 is 0 Å². The molecule has 0 bridgehead atoms. The van der Waals surface area contributed by atoms with Gasteiger partial charge in [-0.15, -0.1) is 11.8 Å². The van der Waals surface area contributed by atoms with Crippen LogP contribution in [0.3, 0.4) is 0 Å². The van der Waals surface area contributed by atoms with Crippen molar-refractivity contribution in [2.24, 2.45) is 0 Å². The van der Waals surface area contributed by atoms with Crippen LogP contribution >= 0.6 is 23.4 Å². The summed E-state index contributed by atoms with van der Waals surface area (Å²) in [6.07, 6.45) is 1.11. The Balaban J connectivity index is 2.89. The highest BCUT2D eigenvalue weighted by molar-refractivity contribution is 8.00. The van der Waals surface area contributed by atoms with E-state index in [2.05, 4.69) is 0 Å². The van der Waals surface area contributed by atoms with E-state index >= 15 is 0 Å². The molecular weight excluding hydrogens is 287 g/mol. The molecule has 1 aromatic carbocycles. The van der Waals surface area contributed by atoms with E-state index in [0.29, 0.717) is 0 Å². The van der Waals surface area contributed by atoms with Crippen molar-refractivity contribution in [3.63, 3.8) is 0 Å². The second-order valence-electron chi connectivity index (χ2n) is 3.49. The zero-order valence-electron chi connectivity index (χ0n) is 9.04. The Hall–Kier alpha value is -0.660. The van der Waals surface area contributed by atoms with Gasteiger partial charge in [0.15, 0.2) is 5.82 Å². The molecule has 0 aliphatic rings. The van der Waals surface area contributed by atoms with Crippen molar-refractivity contribution in [1.82, 2.24) is 0 Å². The molecule has 0 aromatic heterocycles. The lowest BCUT2D eigenvalue weighted by Crippen LogP contribution is -2.06. The predicted molar refractivity (Wildman–Crippen MR) is 70.7 cm³/mol. The number of halogens is 2. The van der Waals surface area contributed by atoms with Crippen LogP contribution in [0.4, 0.5) is 15.8 Å². The molecule has 0 unspecified atom stereocenters. The molecule has 4 N–H and O–H groups in total. The lowest BCUT2D eigenvalue weighted by Gasteiger charge is -2.09. The Kier molecular flexibility index (Phi) is 4.51. The Morgan fingerprint density at radius 1 is 1.41 bits per heavy atom. The van der Waals surface area contributed by atoms with Crippen LogP contribution in [-0.4, -0.2) is 26.2 Å². The normalized spacial score (nSPS) is 11.7. The van der Waals surface area contributed by atoms with Crippen LogP contribution in [0, 0.1) is 5.82 Å². The quantitative estimate of drug-likeness (QED) is 0.653. The Labute approximate surface area is 108 Å². The first kappa shape index (κ1) is 14.4. The van der Waals surface area contributed by atoms with E-state index in [9.17, 15) is 12.8 Å².